The molecule has 0 spiro atoms. The third-order valence-corrected chi connectivity index (χ3v) is 2.96. The van der Waals surface area contributed by atoms with Gasteiger partial charge in [0.15, 0.2) is 0 Å². The van der Waals surface area contributed by atoms with Gasteiger partial charge in [-0.25, -0.2) is 5.48 Å². The van der Waals surface area contributed by atoms with Gasteiger partial charge in [0.1, 0.15) is 0 Å². The molecular formula is C17H18N2O3. The maximum Gasteiger partial charge on any atom is 0.262 e. The summed E-state index contributed by atoms with van der Waals surface area (Å²) in [4.78, 5) is 28.5. The Balaban J connectivity index is 1.70. The fourth-order valence-electron chi connectivity index (χ4n) is 1.86. The van der Waals surface area contributed by atoms with Crippen LogP contribution in [-0.4, -0.2) is 18.4 Å². The van der Waals surface area contributed by atoms with Crippen LogP contribution in [0.15, 0.2) is 54.6 Å². The Hall–Kier alpha value is -2.66. The van der Waals surface area contributed by atoms with Crippen LogP contribution >= 0.6 is 0 Å². The minimum absolute atomic E-state index is 0.137. The van der Waals surface area contributed by atoms with Gasteiger partial charge in [-0.05, 0) is 24.6 Å². The Morgan fingerprint density at radius 1 is 1.05 bits per heavy atom. The topological polar surface area (TPSA) is 67.4 Å². The predicted molar refractivity (Wildman–Crippen MR) is 82.9 cm³/mol. The zero-order chi connectivity index (χ0) is 15.8. The predicted octanol–water partition coefficient (Wildman–Crippen LogP) is 1.97. The quantitative estimate of drug-likeness (QED) is 0.801. The molecule has 0 unspecified atom stereocenters. The van der Waals surface area contributed by atoms with Crippen LogP contribution in [0.3, 0.4) is 0 Å². The number of hydrogen-bond donors (Lipinski definition) is 2. The molecule has 22 heavy (non-hydrogen) atoms. The minimum Gasteiger partial charge on any atom is -0.343 e. The fourth-order valence-corrected chi connectivity index (χ4v) is 1.86. The van der Waals surface area contributed by atoms with Crippen molar-refractivity contribution in [2.75, 3.05) is 6.54 Å². The zero-order valence-corrected chi connectivity index (χ0v) is 12.3. The molecule has 0 aliphatic heterocycles. The Bertz CT molecular complexity index is 641. The average molecular weight is 298 g/mol. The monoisotopic (exact) mass is 298 g/mol. The summed E-state index contributed by atoms with van der Waals surface area (Å²) in [5, 5.41) is 2.54. The van der Waals surface area contributed by atoms with E-state index in [2.05, 4.69) is 10.8 Å². The molecule has 0 fully saturated rings. The first kappa shape index (κ1) is 15.7. The SMILES string of the molecule is Cc1cccc(C(=O)NCC(=O)NOCc2ccccc2)c1. The molecule has 2 rings (SSSR count). The normalized spacial score (nSPS) is 10.0. The molecule has 2 N–H and O–H groups in total. The Kier molecular flexibility index (Phi) is 5.68. The lowest BCUT2D eigenvalue weighted by Crippen LogP contribution is -2.36. The smallest absolute Gasteiger partial charge is 0.262 e. The highest BCUT2D eigenvalue weighted by Crippen LogP contribution is 2.03. The number of hydrogen-bond acceptors (Lipinski definition) is 3. The van der Waals surface area contributed by atoms with Gasteiger partial charge in [0.05, 0.1) is 13.2 Å². The molecule has 2 aromatic carbocycles. The molecule has 114 valence electrons. The first-order valence-corrected chi connectivity index (χ1v) is 6.94. The van der Waals surface area contributed by atoms with Crippen LogP contribution in [0.2, 0.25) is 0 Å². The van der Waals surface area contributed by atoms with E-state index >= 15 is 0 Å². The molecule has 0 aromatic heterocycles. The Morgan fingerprint density at radius 2 is 1.82 bits per heavy atom. The second kappa shape index (κ2) is 7.95. The van der Waals surface area contributed by atoms with Crippen LogP contribution in [0.5, 0.6) is 0 Å². The highest BCUT2D eigenvalue weighted by Gasteiger charge is 2.08. The number of rotatable bonds is 6. The lowest BCUT2D eigenvalue weighted by molar-refractivity contribution is -0.133. The van der Waals surface area contributed by atoms with Crippen molar-refractivity contribution in [3.63, 3.8) is 0 Å². The van der Waals surface area contributed by atoms with Gasteiger partial charge in [0.25, 0.3) is 11.8 Å². The largest absolute Gasteiger partial charge is 0.343 e. The number of carbonyl (C=O) groups is 2. The maximum atomic E-state index is 11.9. The van der Waals surface area contributed by atoms with Crippen molar-refractivity contribution in [3.05, 3.63) is 71.3 Å². The molecule has 0 atom stereocenters. The van der Waals surface area contributed by atoms with Gasteiger partial charge in [0.2, 0.25) is 0 Å². The molecule has 0 radical (unpaired) electrons. The van der Waals surface area contributed by atoms with E-state index in [9.17, 15) is 9.59 Å². The van der Waals surface area contributed by atoms with Crippen LogP contribution < -0.4 is 10.8 Å². The first-order chi connectivity index (χ1) is 10.6. The van der Waals surface area contributed by atoms with E-state index in [1.165, 1.54) is 0 Å². The van der Waals surface area contributed by atoms with E-state index in [1.807, 2.05) is 43.3 Å². The van der Waals surface area contributed by atoms with Crippen LogP contribution in [0, 0.1) is 6.92 Å². The number of hydroxylamine groups is 1. The summed E-state index contributed by atoms with van der Waals surface area (Å²) in [5.41, 5.74) is 4.76. The Labute approximate surface area is 129 Å². The number of benzene rings is 2. The zero-order valence-electron chi connectivity index (χ0n) is 12.3. The lowest BCUT2D eigenvalue weighted by Gasteiger charge is -2.07. The van der Waals surface area contributed by atoms with Crippen LogP contribution in [0.4, 0.5) is 0 Å². The average Bonchev–Trinajstić information content (AvgIpc) is 2.53. The first-order valence-electron chi connectivity index (χ1n) is 6.94. The summed E-state index contributed by atoms with van der Waals surface area (Å²) < 4.78 is 0. The van der Waals surface area contributed by atoms with Gasteiger partial charge >= 0.3 is 0 Å². The third-order valence-electron chi connectivity index (χ3n) is 2.96. The number of nitrogens with one attached hydrogen (secondary N) is 2. The molecule has 0 heterocycles. The van der Waals surface area contributed by atoms with Crippen molar-refractivity contribution >= 4 is 11.8 Å². The third kappa shape index (κ3) is 5.03. The summed E-state index contributed by atoms with van der Waals surface area (Å²) in [6, 6.07) is 16.6. The lowest BCUT2D eigenvalue weighted by atomic mass is 10.1. The highest BCUT2D eigenvalue weighted by atomic mass is 16.6. The molecule has 0 bridgehead atoms. The van der Waals surface area contributed by atoms with Crippen molar-refractivity contribution < 1.29 is 14.4 Å². The summed E-state index contributed by atoms with van der Waals surface area (Å²) in [6.45, 7) is 2.04. The maximum absolute atomic E-state index is 11.9. The van der Waals surface area contributed by atoms with Gasteiger partial charge in [-0.15, -0.1) is 0 Å². The van der Waals surface area contributed by atoms with E-state index in [4.69, 9.17) is 4.84 Å². The number of aryl methyl sites for hydroxylation is 1. The number of amides is 2. The molecule has 0 saturated heterocycles. The van der Waals surface area contributed by atoms with Crippen molar-refractivity contribution in [1.82, 2.24) is 10.8 Å². The van der Waals surface area contributed by atoms with Gasteiger partial charge in [0, 0.05) is 5.56 Å². The summed E-state index contributed by atoms with van der Waals surface area (Å²) in [5.74, 6) is -0.696. The molecule has 2 amide bonds. The van der Waals surface area contributed by atoms with E-state index in [0.717, 1.165) is 11.1 Å². The van der Waals surface area contributed by atoms with E-state index in [0.29, 0.717) is 5.56 Å². The van der Waals surface area contributed by atoms with E-state index in [-0.39, 0.29) is 19.1 Å². The molecule has 0 aliphatic carbocycles. The van der Waals surface area contributed by atoms with Crippen molar-refractivity contribution in [2.45, 2.75) is 13.5 Å². The molecule has 0 saturated carbocycles. The molecule has 5 heteroatoms. The fraction of sp³-hybridized carbons (Fsp3) is 0.176. The van der Waals surface area contributed by atoms with Gasteiger partial charge in [-0.3, -0.25) is 14.4 Å². The summed E-state index contributed by atoms with van der Waals surface area (Å²) in [7, 11) is 0. The molecule has 2 aromatic rings. The summed E-state index contributed by atoms with van der Waals surface area (Å²) in [6.07, 6.45) is 0. The van der Waals surface area contributed by atoms with Crippen LogP contribution in [0.1, 0.15) is 21.5 Å². The van der Waals surface area contributed by atoms with Gasteiger partial charge < -0.3 is 5.32 Å². The summed E-state index contributed by atoms with van der Waals surface area (Å²) >= 11 is 0. The van der Waals surface area contributed by atoms with Crippen LogP contribution in [-0.2, 0) is 16.2 Å². The van der Waals surface area contributed by atoms with Crippen LogP contribution in [0.25, 0.3) is 0 Å². The van der Waals surface area contributed by atoms with Crippen molar-refractivity contribution in [1.29, 1.82) is 0 Å². The van der Waals surface area contributed by atoms with E-state index in [1.54, 1.807) is 18.2 Å². The standard InChI is InChI=1S/C17H18N2O3/c1-13-6-5-9-15(10-13)17(21)18-11-16(20)19-22-12-14-7-3-2-4-8-14/h2-10H,11-12H2,1H3,(H,18,21)(H,19,20). The van der Waals surface area contributed by atoms with Crippen molar-refractivity contribution in [2.24, 2.45) is 0 Å². The molecule has 0 aliphatic rings. The molecular weight excluding hydrogens is 280 g/mol. The van der Waals surface area contributed by atoms with Gasteiger partial charge in [-0.2, -0.15) is 0 Å². The second-order valence-electron chi connectivity index (χ2n) is 4.85. The number of carbonyl (C=O) groups excluding carboxylic acids is 2. The van der Waals surface area contributed by atoms with Crippen molar-refractivity contribution in [3.8, 4) is 0 Å². The molecule has 5 nitrogen and oxygen atoms in total. The van der Waals surface area contributed by atoms with E-state index < -0.39 is 5.91 Å². The van der Waals surface area contributed by atoms with Gasteiger partial charge in [-0.1, -0.05) is 48.0 Å². The minimum atomic E-state index is -0.406. The highest BCUT2D eigenvalue weighted by molar-refractivity contribution is 5.96. The second-order valence-corrected chi connectivity index (χ2v) is 4.85. The Morgan fingerprint density at radius 3 is 2.55 bits per heavy atom.